The fourth-order valence-corrected chi connectivity index (χ4v) is 4.02. The van der Waals surface area contributed by atoms with Crippen molar-refractivity contribution in [3.05, 3.63) is 34.9 Å². The molecule has 0 aliphatic carbocycles. The van der Waals surface area contributed by atoms with E-state index < -0.39 is 11.6 Å². The normalized spacial score (nSPS) is 11.7. The Hall–Kier alpha value is -2.90. The molecule has 0 saturated heterocycles. The van der Waals surface area contributed by atoms with Crippen LogP contribution in [0.1, 0.15) is 37.8 Å². The van der Waals surface area contributed by atoms with Gasteiger partial charge in [0.1, 0.15) is 0 Å². The van der Waals surface area contributed by atoms with E-state index in [0.717, 1.165) is 12.8 Å². The molecule has 0 spiro atoms. The zero-order valence-corrected chi connectivity index (χ0v) is 20.5. The molecule has 2 aromatic carbocycles. The van der Waals surface area contributed by atoms with Crippen LogP contribution in [0.15, 0.2) is 12.1 Å². The third kappa shape index (κ3) is 5.92. The van der Waals surface area contributed by atoms with Gasteiger partial charge in [0.25, 0.3) is 0 Å². The number of hydrogen-bond acceptors (Lipinski definition) is 6. The van der Waals surface area contributed by atoms with Crippen molar-refractivity contribution in [1.82, 2.24) is 0 Å². The molecule has 184 valence electrons. The van der Waals surface area contributed by atoms with E-state index in [9.17, 15) is 4.39 Å². The van der Waals surface area contributed by atoms with Gasteiger partial charge in [-0.15, -0.1) is 0 Å². The molecule has 0 aromatic heterocycles. The van der Waals surface area contributed by atoms with E-state index in [4.69, 9.17) is 28.4 Å². The lowest BCUT2D eigenvalue weighted by Crippen LogP contribution is -2.11. The highest BCUT2D eigenvalue weighted by molar-refractivity contribution is 5.56. The predicted octanol–water partition coefficient (Wildman–Crippen LogP) is 5.61. The van der Waals surface area contributed by atoms with Crippen LogP contribution in [0.4, 0.5) is 8.78 Å². The van der Waals surface area contributed by atoms with Crippen molar-refractivity contribution in [3.63, 3.8) is 0 Å². The summed E-state index contributed by atoms with van der Waals surface area (Å²) >= 11 is 0. The highest BCUT2D eigenvalue weighted by Crippen LogP contribution is 2.43. The van der Waals surface area contributed by atoms with Crippen molar-refractivity contribution in [2.75, 3.05) is 42.2 Å². The number of benzene rings is 2. The van der Waals surface area contributed by atoms with Crippen LogP contribution in [0.3, 0.4) is 0 Å². The highest BCUT2D eigenvalue weighted by Gasteiger charge is 2.24. The van der Waals surface area contributed by atoms with Crippen molar-refractivity contribution >= 4 is 0 Å². The first-order valence-corrected chi connectivity index (χ1v) is 10.9. The third-order valence-electron chi connectivity index (χ3n) is 5.48. The average Bonchev–Trinajstić information content (AvgIpc) is 2.80. The molecule has 2 aromatic rings. The molecule has 0 radical (unpaired) electrons. The lowest BCUT2D eigenvalue weighted by Gasteiger charge is -2.21. The van der Waals surface area contributed by atoms with Crippen molar-refractivity contribution in [1.29, 1.82) is 0 Å². The molecule has 2 rings (SSSR count). The summed E-state index contributed by atoms with van der Waals surface area (Å²) in [6, 6.07) is 2.44. The highest BCUT2D eigenvalue weighted by atomic mass is 19.1. The van der Waals surface area contributed by atoms with E-state index in [1.54, 1.807) is 0 Å². The van der Waals surface area contributed by atoms with Gasteiger partial charge >= 0.3 is 0 Å². The standard InChI is InChI=1S/C25H34F2O6/c1-8-9-15(2)12-17-23(19(27)14-21(29-4)25(17)32-7)33-11-10-16-22(30-5)18(26)13-20(28-3)24(16)31-6/h13-15H,8-12H2,1-7H3. The van der Waals surface area contributed by atoms with Gasteiger partial charge in [-0.25, -0.2) is 8.78 Å². The van der Waals surface area contributed by atoms with Gasteiger partial charge < -0.3 is 28.4 Å². The molecule has 1 atom stereocenters. The molecule has 0 N–H and O–H groups in total. The first-order valence-electron chi connectivity index (χ1n) is 10.9. The zero-order valence-electron chi connectivity index (χ0n) is 20.5. The Morgan fingerprint density at radius 1 is 0.727 bits per heavy atom. The van der Waals surface area contributed by atoms with Crippen LogP contribution in [0.2, 0.25) is 0 Å². The summed E-state index contributed by atoms with van der Waals surface area (Å²) in [5.41, 5.74) is 1.03. The molecule has 0 aliphatic heterocycles. The van der Waals surface area contributed by atoms with E-state index in [0.29, 0.717) is 34.8 Å². The van der Waals surface area contributed by atoms with Crippen LogP contribution in [-0.4, -0.2) is 42.2 Å². The van der Waals surface area contributed by atoms with Crippen LogP contribution in [0.25, 0.3) is 0 Å². The van der Waals surface area contributed by atoms with Crippen LogP contribution in [0.5, 0.6) is 34.5 Å². The number of ether oxygens (including phenoxy) is 6. The molecule has 0 heterocycles. The van der Waals surface area contributed by atoms with Crippen LogP contribution >= 0.6 is 0 Å². The van der Waals surface area contributed by atoms with Gasteiger partial charge in [0.15, 0.2) is 46.1 Å². The summed E-state index contributed by atoms with van der Waals surface area (Å²) in [6.07, 6.45) is 2.73. The van der Waals surface area contributed by atoms with E-state index >= 15 is 4.39 Å². The number of hydrogen-bond donors (Lipinski definition) is 0. The van der Waals surface area contributed by atoms with Gasteiger partial charge in [-0.3, -0.25) is 0 Å². The van der Waals surface area contributed by atoms with Crippen molar-refractivity contribution in [2.45, 2.75) is 39.5 Å². The van der Waals surface area contributed by atoms with Gasteiger partial charge in [-0.2, -0.15) is 0 Å². The third-order valence-corrected chi connectivity index (χ3v) is 5.48. The van der Waals surface area contributed by atoms with Gasteiger partial charge in [0.05, 0.1) is 42.2 Å². The maximum Gasteiger partial charge on any atom is 0.169 e. The van der Waals surface area contributed by atoms with Crippen LogP contribution in [0, 0.1) is 17.6 Å². The molecule has 0 amide bonds. The van der Waals surface area contributed by atoms with E-state index in [2.05, 4.69) is 13.8 Å². The van der Waals surface area contributed by atoms with Crippen molar-refractivity contribution in [3.8, 4) is 34.5 Å². The van der Waals surface area contributed by atoms with E-state index in [1.807, 2.05) is 0 Å². The number of methoxy groups -OCH3 is 5. The lowest BCUT2D eigenvalue weighted by atomic mass is 9.95. The molecule has 0 saturated carbocycles. The first-order chi connectivity index (χ1) is 15.9. The molecule has 33 heavy (non-hydrogen) atoms. The Bertz CT molecular complexity index is 932. The minimum absolute atomic E-state index is 0.0285. The first kappa shape index (κ1) is 26.4. The van der Waals surface area contributed by atoms with E-state index in [-0.39, 0.29) is 36.2 Å². The fraction of sp³-hybridized carbons (Fsp3) is 0.520. The second-order valence-electron chi connectivity index (χ2n) is 7.70. The number of rotatable bonds is 13. The molecular weight excluding hydrogens is 434 g/mol. The fourth-order valence-electron chi connectivity index (χ4n) is 4.02. The summed E-state index contributed by atoms with van der Waals surface area (Å²) in [5, 5.41) is 0. The maximum atomic E-state index is 15.1. The monoisotopic (exact) mass is 468 g/mol. The molecule has 6 nitrogen and oxygen atoms in total. The minimum Gasteiger partial charge on any atom is -0.493 e. The summed E-state index contributed by atoms with van der Waals surface area (Å²) in [5.74, 6) is 0.585. The quantitative estimate of drug-likeness (QED) is 0.381. The van der Waals surface area contributed by atoms with Gasteiger partial charge in [0, 0.05) is 29.7 Å². The van der Waals surface area contributed by atoms with Gasteiger partial charge in [0.2, 0.25) is 0 Å². The second kappa shape index (κ2) is 12.4. The molecular formula is C25H34F2O6. The number of halogens is 2. The van der Waals surface area contributed by atoms with Crippen LogP contribution in [-0.2, 0) is 12.8 Å². The van der Waals surface area contributed by atoms with Crippen LogP contribution < -0.4 is 28.4 Å². The minimum atomic E-state index is -0.587. The Morgan fingerprint density at radius 3 is 1.73 bits per heavy atom. The topological polar surface area (TPSA) is 55.4 Å². The lowest BCUT2D eigenvalue weighted by molar-refractivity contribution is 0.281. The molecule has 0 aliphatic rings. The Labute approximate surface area is 194 Å². The maximum absolute atomic E-state index is 15.1. The predicted molar refractivity (Wildman–Crippen MR) is 123 cm³/mol. The molecule has 0 bridgehead atoms. The van der Waals surface area contributed by atoms with Crippen molar-refractivity contribution < 1.29 is 37.2 Å². The Kier molecular flexibility index (Phi) is 9.88. The zero-order chi connectivity index (χ0) is 24.5. The summed E-state index contributed by atoms with van der Waals surface area (Å²) < 4.78 is 62.2. The Balaban J connectivity index is 2.42. The largest absolute Gasteiger partial charge is 0.493 e. The second-order valence-corrected chi connectivity index (χ2v) is 7.70. The van der Waals surface area contributed by atoms with E-state index in [1.165, 1.54) is 47.7 Å². The van der Waals surface area contributed by atoms with Gasteiger partial charge in [-0.1, -0.05) is 26.7 Å². The summed E-state index contributed by atoms with van der Waals surface area (Å²) in [7, 11) is 7.23. The summed E-state index contributed by atoms with van der Waals surface area (Å²) in [6.45, 7) is 4.24. The van der Waals surface area contributed by atoms with Crippen molar-refractivity contribution in [2.24, 2.45) is 5.92 Å². The van der Waals surface area contributed by atoms with Gasteiger partial charge in [-0.05, 0) is 12.3 Å². The Morgan fingerprint density at radius 2 is 1.24 bits per heavy atom. The molecule has 0 fully saturated rings. The molecule has 1 unspecified atom stereocenters. The summed E-state index contributed by atoms with van der Waals surface area (Å²) in [4.78, 5) is 0. The average molecular weight is 469 g/mol. The smallest absolute Gasteiger partial charge is 0.169 e. The SMILES string of the molecule is CCCC(C)Cc1c(OCCc2c(OC)c(F)cc(OC)c2OC)c(F)cc(OC)c1OC. The molecule has 8 heteroatoms.